The molecule has 0 spiro atoms. The van der Waals surface area contributed by atoms with Crippen molar-refractivity contribution >= 4 is 11.9 Å². The lowest BCUT2D eigenvalue weighted by Crippen LogP contribution is -2.35. The zero-order chi connectivity index (χ0) is 15.9. The Morgan fingerprint density at radius 2 is 2.00 bits per heavy atom. The average molecular weight is 304 g/mol. The first-order valence-electron chi connectivity index (χ1n) is 7.86. The molecule has 1 fully saturated rings. The van der Waals surface area contributed by atoms with Gasteiger partial charge in [-0.1, -0.05) is 17.7 Å². The lowest BCUT2D eigenvalue weighted by Gasteiger charge is -2.22. The molecular formula is C17H24N2O3. The van der Waals surface area contributed by atoms with Crippen LogP contribution in [0.2, 0.25) is 0 Å². The number of carboxylic acid groups (broad SMARTS) is 1. The summed E-state index contributed by atoms with van der Waals surface area (Å²) in [5.74, 6) is -0.651. The molecule has 1 aromatic carbocycles. The minimum absolute atomic E-state index is 0.0936. The summed E-state index contributed by atoms with van der Waals surface area (Å²) < 4.78 is 0. The van der Waals surface area contributed by atoms with Crippen LogP contribution in [0.1, 0.15) is 35.2 Å². The largest absolute Gasteiger partial charge is 0.481 e. The molecule has 2 rings (SSSR count). The summed E-state index contributed by atoms with van der Waals surface area (Å²) in [6.45, 7) is 6.00. The third-order valence-electron chi connectivity index (χ3n) is 4.01. The van der Waals surface area contributed by atoms with Gasteiger partial charge in [0.05, 0.1) is 0 Å². The van der Waals surface area contributed by atoms with Crippen molar-refractivity contribution in [3.63, 3.8) is 0 Å². The molecule has 22 heavy (non-hydrogen) atoms. The van der Waals surface area contributed by atoms with Crippen LogP contribution >= 0.6 is 0 Å². The number of carbonyl (C=O) groups excluding carboxylic acids is 1. The number of nitrogens with zero attached hydrogens (tertiary/aromatic N) is 2. The molecule has 1 aliphatic rings. The monoisotopic (exact) mass is 304 g/mol. The van der Waals surface area contributed by atoms with Gasteiger partial charge in [0.15, 0.2) is 0 Å². The van der Waals surface area contributed by atoms with Crippen molar-refractivity contribution in [1.82, 2.24) is 9.80 Å². The van der Waals surface area contributed by atoms with Gasteiger partial charge < -0.3 is 14.9 Å². The van der Waals surface area contributed by atoms with Gasteiger partial charge in [-0.15, -0.1) is 0 Å². The Bertz CT molecular complexity index is 530. The molecule has 0 radical (unpaired) electrons. The Balaban J connectivity index is 1.87. The first kappa shape index (κ1) is 16.5. The van der Waals surface area contributed by atoms with Gasteiger partial charge in [-0.3, -0.25) is 9.59 Å². The second kappa shape index (κ2) is 7.94. The van der Waals surface area contributed by atoms with Gasteiger partial charge in [-0.25, -0.2) is 0 Å². The third-order valence-corrected chi connectivity index (χ3v) is 4.01. The van der Waals surface area contributed by atoms with Gasteiger partial charge in [-0.05, 0) is 45.0 Å². The van der Waals surface area contributed by atoms with Crippen molar-refractivity contribution in [2.75, 3.05) is 32.7 Å². The Kier molecular flexibility index (Phi) is 5.95. The summed E-state index contributed by atoms with van der Waals surface area (Å²) in [6, 6.07) is 7.70. The number of aliphatic carboxylic acids is 1. The van der Waals surface area contributed by atoms with Gasteiger partial charge in [0.25, 0.3) is 5.91 Å². The fraction of sp³-hybridized carbons (Fsp3) is 0.529. The summed E-state index contributed by atoms with van der Waals surface area (Å²) in [4.78, 5) is 27.3. The molecule has 1 saturated heterocycles. The third kappa shape index (κ3) is 4.84. The summed E-state index contributed by atoms with van der Waals surface area (Å²) >= 11 is 0. The zero-order valence-corrected chi connectivity index (χ0v) is 13.1. The molecule has 1 aliphatic heterocycles. The van der Waals surface area contributed by atoms with Gasteiger partial charge in [-0.2, -0.15) is 0 Å². The maximum atomic E-state index is 12.5. The van der Waals surface area contributed by atoms with Crippen LogP contribution in [0.25, 0.3) is 0 Å². The number of hydrogen-bond donors (Lipinski definition) is 1. The molecule has 1 heterocycles. The van der Waals surface area contributed by atoms with E-state index in [1.54, 1.807) is 0 Å². The molecule has 0 atom stereocenters. The molecule has 0 unspecified atom stereocenters. The Morgan fingerprint density at radius 1 is 1.18 bits per heavy atom. The molecule has 5 nitrogen and oxygen atoms in total. The molecule has 120 valence electrons. The summed E-state index contributed by atoms with van der Waals surface area (Å²) in [5.41, 5.74) is 1.84. The molecule has 5 heteroatoms. The van der Waals surface area contributed by atoms with Crippen LogP contribution in [0.4, 0.5) is 0 Å². The van der Waals surface area contributed by atoms with E-state index in [2.05, 4.69) is 4.90 Å². The molecule has 0 bridgehead atoms. The van der Waals surface area contributed by atoms with E-state index in [1.807, 2.05) is 36.1 Å². The molecule has 0 aromatic heterocycles. The number of carboxylic acids is 1. The van der Waals surface area contributed by atoms with Crippen molar-refractivity contribution in [3.8, 4) is 0 Å². The van der Waals surface area contributed by atoms with Crippen LogP contribution in [-0.4, -0.2) is 59.5 Å². The fourth-order valence-electron chi connectivity index (χ4n) is 2.81. The number of hydrogen-bond acceptors (Lipinski definition) is 3. The van der Waals surface area contributed by atoms with Gasteiger partial charge >= 0.3 is 5.97 Å². The highest BCUT2D eigenvalue weighted by Crippen LogP contribution is 2.11. The number of rotatable bonds is 5. The van der Waals surface area contributed by atoms with E-state index >= 15 is 0 Å². The van der Waals surface area contributed by atoms with E-state index in [0.29, 0.717) is 13.0 Å². The maximum Gasteiger partial charge on any atom is 0.303 e. The van der Waals surface area contributed by atoms with Gasteiger partial charge in [0.1, 0.15) is 0 Å². The fourth-order valence-corrected chi connectivity index (χ4v) is 2.81. The Morgan fingerprint density at radius 3 is 2.73 bits per heavy atom. The highest BCUT2D eigenvalue weighted by Gasteiger charge is 2.20. The van der Waals surface area contributed by atoms with Crippen molar-refractivity contribution < 1.29 is 14.7 Å². The predicted octanol–water partition coefficient (Wildman–Crippen LogP) is 2.01. The number of amides is 1. The van der Waals surface area contributed by atoms with E-state index in [4.69, 9.17) is 5.11 Å². The van der Waals surface area contributed by atoms with Crippen molar-refractivity contribution in [2.24, 2.45) is 0 Å². The molecule has 1 amide bonds. The maximum absolute atomic E-state index is 12.5. The van der Waals surface area contributed by atoms with E-state index in [0.717, 1.165) is 43.7 Å². The van der Waals surface area contributed by atoms with Crippen LogP contribution in [0.5, 0.6) is 0 Å². The van der Waals surface area contributed by atoms with Crippen LogP contribution in [0.3, 0.4) is 0 Å². The van der Waals surface area contributed by atoms with Crippen molar-refractivity contribution in [2.45, 2.75) is 26.2 Å². The predicted molar refractivity (Wildman–Crippen MR) is 85.0 cm³/mol. The van der Waals surface area contributed by atoms with Gasteiger partial charge in [0.2, 0.25) is 0 Å². The SMILES string of the molecule is Cc1cccc(C(=O)N2CCCN(CCCC(=O)O)CC2)c1. The second-order valence-corrected chi connectivity index (χ2v) is 5.85. The van der Waals surface area contributed by atoms with Crippen LogP contribution in [0.15, 0.2) is 24.3 Å². The number of carbonyl (C=O) groups is 2. The van der Waals surface area contributed by atoms with E-state index in [9.17, 15) is 9.59 Å². The highest BCUT2D eigenvalue weighted by atomic mass is 16.4. The average Bonchev–Trinajstić information content (AvgIpc) is 2.72. The number of aryl methyl sites for hydroxylation is 1. The molecule has 1 aromatic rings. The minimum atomic E-state index is -0.744. The van der Waals surface area contributed by atoms with E-state index in [1.165, 1.54) is 0 Å². The Labute approximate surface area is 131 Å². The zero-order valence-electron chi connectivity index (χ0n) is 13.1. The topological polar surface area (TPSA) is 60.9 Å². The smallest absolute Gasteiger partial charge is 0.303 e. The molecular weight excluding hydrogens is 280 g/mol. The quantitative estimate of drug-likeness (QED) is 0.904. The normalized spacial score (nSPS) is 16.3. The summed E-state index contributed by atoms with van der Waals surface area (Å²) in [7, 11) is 0. The van der Waals surface area contributed by atoms with Crippen LogP contribution in [-0.2, 0) is 4.79 Å². The second-order valence-electron chi connectivity index (χ2n) is 5.85. The standard InChI is InChI=1S/C17H24N2O3/c1-14-5-2-6-15(13-14)17(22)19-10-4-9-18(11-12-19)8-3-7-16(20)21/h2,5-6,13H,3-4,7-12H2,1H3,(H,20,21). The Hall–Kier alpha value is -1.88. The molecule has 0 saturated carbocycles. The van der Waals surface area contributed by atoms with Gasteiger partial charge in [0, 0.05) is 31.6 Å². The summed E-state index contributed by atoms with van der Waals surface area (Å²) in [6.07, 6.45) is 1.81. The first-order valence-corrected chi connectivity index (χ1v) is 7.86. The van der Waals surface area contributed by atoms with E-state index in [-0.39, 0.29) is 12.3 Å². The van der Waals surface area contributed by atoms with Crippen molar-refractivity contribution in [1.29, 1.82) is 0 Å². The van der Waals surface area contributed by atoms with E-state index < -0.39 is 5.97 Å². The van der Waals surface area contributed by atoms with Crippen LogP contribution < -0.4 is 0 Å². The lowest BCUT2D eigenvalue weighted by molar-refractivity contribution is -0.137. The minimum Gasteiger partial charge on any atom is -0.481 e. The molecule has 1 N–H and O–H groups in total. The number of benzene rings is 1. The first-order chi connectivity index (χ1) is 10.6. The van der Waals surface area contributed by atoms with Crippen molar-refractivity contribution in [3.05, 3.63) is 35.4 Å². The summed E-state index contributed by atoms with van der Waals surface area (Å²) in [5, 5.41) is 8.69. The highest BCUT2D eigenvalue weighted by molar-refractivity contribution is 5.94. The van der Waals surface area contributed by atoms with Crippen LogP contribution in [0, 0.1) is 6.92 Å². The molecule has 0 aliphatic carbocycles. The lowest BCUT2D eigenvalue weighted by atomic mass is 10.1.